The van der Waals surface area contributed by atoms with Gasteiger partial charge in [0.1, 0.15) is 9.77 Å². The molecule has 0 aliphatic heterocycles. The minimum absolute atomic E-state index is 0.108. The van der Waals surface area contributed by atoms with Crippen LogP contribution in [-0.4, -0.2) is 39.8 Å². The Morgan fingerprint density at radius 1 is 0.970 bits per heavy atom. The van der Waals surface area contributed by atoms with E-state index >= 15 is 0 Å². The quantitative estimate of drug-likeness (QED) is 0.366. The normalized spacial score (nSPS) is 11.4. The number of rotatable bonds is 7. The van der Waals surface area contributed by atoms with Gasteiger partial charge in [0.05, 0.1) is 19.9 Å². The number of methoxy groups -OCH3 is 2. The van der Waals surface area contributed by atoms with Crippen LogP contribution in [0.15, 0.2) is 57.3 Å². The molecule has 33 heavy (non-hydrogen) atoms. The van der Waals surface area contributed by atoms with Crippen LogP contribution < -0.4 is 13.8 Å². The van der Waals surface area contributed by atoms with Crippen molar-refractivity contribution >= 4 is 27.0 Å². The van der Waals surface area contributed by atoms with Crippen LogP contribution >= 0.6 is 11.3 Å². The van der Waals surface area contributed by atoms with Gasteiger partial charge in [-0.2, -0.15) is 4.98 Å². The van der Waals surface area contributed by atoms with Crippen molar-refractivity contribution < 1.29 is 22.4 Å². The summed E-state index contributed by atoms with van der Waals surface area (Å²) in [6, 6.07) is 12.5. The van der Waals surface area contributed by atoms with E-state index in [1.807, 2.05) is 32.0 Å². The summed E-state index contributed by atoms with van der Waals surface area (Å²) in [5.74, 6) is 1.54. The predicted molar refractivity (Wildman–Crippen MR) is 128 cm³/mol. The molecule has 0 atom stereocenters. The molecule has 10 heteroatoms. The molecule has 8 nitrogen and oxygen atoms in total. The molecule has 2 heterocycles. The second-order valence-corrected chi connectivity index (χ2v) is 10.3. The summed E-state index contributed by atoms with van der Waals surface area (Å²) < 4.78 is 44.2. The highest BCUT2D eigenvalue weighted by atomic mass is 32.2. The van der Waals surface area contributed by atoms with Gasteiger partial charge in [-0.1, -0.05) is 11.2 Å². The molecule has 0 aliphatic rings. The predicted octanol–water partition coefficient (Wildman–Crippen LogP) is 4.92. The standard InChI is InChI=1S/C23H23N3O5S2/c1-14-10-15(2)12-17(11-14)26(3)33(27,28)20-8-9-32-21(20)23-24-22(25-31-23)16-6-7-18(29-4)19(13-16)30-5/h6-13H,1-5H3. The Bertz CT molecular complexity index is 1390. The molecule has 172 valence electrons. The molecule has 0 fully saturated rings. The van der Waals surface area contributed by atoms with E-state index in [4.69, 9.17) is 14.0 Å². The van der Waals surface area contributed by atoms with Gasteiger partial charge >= 0.3 is 0 Å². The van der Waals surface area contributed by atoms with Crippen molar-refractivity contribution in [3.05, 3.63) is 59.0 Å². The third kappa shape index (κ3) is 4.31. The average molecular weight is 486 g/mol. The van der Waals surface area contributed by atoms with Gasteiger partial charge in [-0.25, -0.2) is 8.42 Å². The molecule has 0 unspecified atom stereocenters. The lowest BCUT2D eigenvalue weighted by molar-refractivity contribution is 0.355. The number of benzene rings is 2. The Kier molecular flexibility index (Phi) is 6.13. The number of hydrogen-bond donors (Lipinski definition) is 0. The molecule has 2 aromatic carbocycles. The Labute approximate surface area is 196 Å². The molecule has 4 aromatic rings. The van der Waals surface area contributed by atoms with Crippen LogP contribution in [-0.2, 0) is 10.0 Å². The maximum atomic E-state index is 13.5. The Hall–Kier alpha value is -3.37. The molecular weight excluding hydrogens is 462 g/mol. The summed E-state index contributed by atoms with van der Waals surface area (Å²) in [7, 11) is 0.772. The van der Waals surface area contributed by atoms with E-state index < -0.39 is 10.0 Å². The third-order valence-electron chi connectivity index (χ3n) is 5.10. The maximum Gasteiger partial charge on any atom is 0.269 e. The number of aromatic nitrogens is 2. The first-order valence-corrected chi connectivity index (χ1v) is 12.3. The lowest BCUT2D eigenvalue weighted by atomic mass is 10.1. The summed E-state index contributed by atoms with van der Waals surface area (Å²) in [5, 5.41) is 5.73. The van der Waals surface area contributed by atoms with Crippen LogP contribution in [0.3, 0.4) is 0 Å². The van der Waals surface area contributed by atoms with Crippen LogP contribution in [0, 0.1) is 13.8 Å². The van der Waals surface area contributed by atoms with Gasteiger partial charge in [-0.05, 0) is 66.8 Å². The number of aryl methyl sites for hydroxylation is 2. The summed E-state index contributed by atoms with van der Waals surface area (Å²) in [4.78, 5) is 4.93. The summed E-state index contributed by atoms with van der Waals surface area (Å²) >= 11 is 1.22. The number of sulfonamides is 1. The van der Waals surface area contributed by atoms with Gasteiger partial charge in [0.2, 0.25) is 5.82 Å². The SMILES string of the molecule is COc1ccc(-c2noc(-c3sccc3S(=O)(=O)N(C)c3cc(C)cc(C)c3)n2)cc1OC. The minimum atomic E-state index is -3.86. The van der Waals surface area contributed by atoms with Gasteiger partial charge < -0.3 is 14.0 Å². The molecule has 0 aliphatic carbocycles. The second-order valence-electron chi connectivity index (χ2n) is 7.43. The van der Waals surface area contributed by atoms with Crippen molar-refractivity contribution in [3.8, 4) is 33.7 Å². The van der Waals surface area contributed by atoms with Crippen molar-refractivity contribution in [1.29, 1.82) is 0 Å². The zero-order valence-electron chi connectivity index (χ0n) is 18.8. The lowest BCUT2D eigenvalue weighted by Crippen LogP contribution is -2.26. The molecule has 0 saturated carbocycles. The average Bonchev–Trinajstić information content (AvgIpc) is 3.47. The smallest absolute Gasteiger partial charge is 0.269 e. The van der Waals surface area contributed by atoms with Crippen LogP contribution in [0.5, 0.6) is 11.5 Å². The van der Waals surface area contributed by atoms with E-state index in [0.717, 1.165) is 11.1 Å². The minimum Gasteiger partial charge on any atom is -0.493 e. The molecule has 0 bridgehead atoms. The van der Waals surface area contributed by atoms with E-state index in [0.29, 0.717) is 33.5 Å². The fourth-order valence-electron chi connectivity index (χ4n) is 3.48. The molecule has 0 amide bonds. The number of hydrogen-bond acceptors (Lipinski definition) is 8. The number of ether oxygens (including phenoxy) is 2. The van der Waals surface area contributed by atoms with Gasteiger partial charge in [-0.3, -0.25) is 4.31 Å². The first kappa shape index (κ1) is 22.8. The first-order valence-electron chi connectivity index (χ1n) is 9.96. The molecule has 2 aromatic heterocycles. The van der Waals surface area contributed by atoms with Crippen molar-refractivity contribution in [2.75, 3.05) is 25.6 Å². The van der Waals surface area contributed by atoms with Gasteiger partial charge in [-0.15, -0.1) is 11.3 Å². The lowest BCUT2D eigenvalue weighted by Gasteiger charge is -2.20. The Balaban J connectivity index is 1.70. The molecule has 0 N–H and O–H groups in total. The first-order chi connectivity index (χ1) is 15.7. The largest absolute Gasteiger partial charge is 0.493 e. The fraction of sp³-hybridized carbons (Fsp3) is 0.217. The van der Waals surface area contributed by atoms with Crippen LogP contribution in [0.4, 0.5) is 5.69 Å². The molecular formula is C23H23N3O5S2. The molecule has 0 spiro atoms. The number of thiophene rings is 1. The van der Waals surface area contributed by atoms with E-state index in [1.54, 1.807) is 36.8 Å². The van der Waals surface area contributed by atoms with Crippen molar-refractivity contribution in [3.63, 3.8) is 0 Å². The number of nitrogens with zero attached hydrogens (tertiary/aromatic N) is 3. The highest BCUT2D eigenvalue weighted by Crippen LogP contribution is 2.37. The maximum absolute atomic E-state index is 13.5. The van der Waals surface area contributed by atoms with Crippen LogP contribution in [0.2, 0.25) is 0 Å². The topological polar surface area (TPSA) is 94.8 Å². The Morgan fingerprint density at radius 3 is 2.33 bits per heavy atom. The number of anilines is 1. The third-order valence-corrected chi connectivity index (χ3v) is 7.96. The van der Waals surface area contributed by atoms with E-state index in [2.05, 4.69) is 10.1 Å². The monoisotopic (exact) mass is 485 g/mol. The second kappa shape index (κ2) is 8.87. The summed E-state index contributed by atoms with van der Waals surface area (Å²) in [6.07, 6.45) is 0. The van der Waals surface area contributed by atoms with Crippen molar-refractivity contribution in [2.24, 2.45) is 0 Å². The Morgan fingerprint density at radius 2 is 1.67 bits per heavy atom. The van der Waals surface area contributed by atoms with Gasteiger partial charge in [0, 0.05) is 12.6 Å². The van der Waals surface area contributed by atoms with Crippen molar-refractivity contribution in [2.45, 2.75) is 18.7 Å². The van der Waals surface area contributed by atoms with Gasteiger partial charge in [0.15, 0.2) is 11.5 Å². The van der Waals surface area contributed by atoms with E-state index in [9.17, 15) is 8.42 Å². The fourth-order valence-corrected chi connectivity index (χ4v) is 5.98. The van der Waals surface area contributed by atoms with Crippen LogP contribution in [0.25, 0.3) is 22.2 Å². The summed E-state index contributed by atoms with van der Waals surface area (Å²) in [6.45, 7) is 3.86. The zero-order chi connectivity index (χ0) is 23.8. The summed E-state index contributed by atoms with van der Waals surface area (Å²) in [5.41, 5.74) is 3.19. The molecule has 0 saturated heterocycles. The van der Waals surface area contributed by atoms with Crippen LogP contribution in [0.1, 0.15) is 11.1 Å². The molecule has 0 radical (unpaired) electrons. The van der Waals surface area contributed by atoms with Gasteiger partial charge in [0.25, 0.3) is 15.9 Å². The highest BCUT2D eigenvalue weighted by Gasteiger charge is 2.29. The van der Waals surface area contributed by atoms with Crippen molar-refractivity contribution in [1.82, 2.24) is 10.1 Å². The van der Waals surface area contributed by atoms with E-state index in [-0.39, 0.29) is 10.8 Å². The zero-order valence-corrected chi connectivity index (χ0v) is 20.5. The highest BCUT2D eigenvalue weighted by molar-refractivity contribution is 7.93. The van der Waals surface area contributed by atoms with E-state index in [1.165, 1.54) is 29.8 Å². The molecule has 4 rings (SSSR count).